The highest BCUT2D eigenvalue weighted by Crippen LogP contribution is 2.55. The van der Waals surface area contributed by atoms with Crippen LogP contribution in [0, 0.1) is 11.8 Å². The van der Waals surface area contributed by atoms with Crippen LogP contribution in [-0.4, -0.2) is 19.7 Å². The molecule has 1 aliphatic heterocycles. The summed E-state index contributed by atoms with van der Waals surface area (Å²) in [7, 11) is 1.79. The lowest BCUT2D eigenvalue weighted by molar-refractivity contribution is 0.0567. The summed E-state index contributed by atoms with van der Waals surface area (Å²) in [5, 5.41) is 3.80. The second-order valence-electron chi connectivity index (χ2n) is 7.18. The van der Waals surface area contributed by atoms with Crippen molar-refractivity contribution in [1.82, 2.24) is 5.32 Å². The van der Waals surface area contributed by atoms with Crippen molar-refractivity contribution >= 4 is 0 Å². The molecule has 0 spiro atoms. The van der Waals surface area contributed by atoms with Gasteiger partial charge in [0.05, 0.1) is 7.11 Å². The van der Waals surface area contributed by atoms with E-state index in [-0.39, 0.29) is 0 Å². The van der Waals surface area contributed by atoms with Gasteiger partial charge in [-0.25, -0.2) is 0 Å². The van der Waals surface area contributed by atoms with Crippen LogP contribution in [0.4, 0.5) is 0 Å². The van der Waals surface area contributed by atoms with Crippen molar-refractivity contribution in [3.05, 3.63) is 29.3 Å². The number of hydrogen-bond acceptors (Lipinski definition) is 2. The van der Waals surface area contributed by atoms with E-state index in [9.17, 15) is 0 Å². The van der Waals surface area contributed by atoms with Gasteiger partial charge in [0.15, 0.2) is 0 Å². The molecule has 2 fully saturated rings. The number of benzene rings is 1. The largest absolute Gasteiger partial charge is 0.497 e. The Morgan fingerprint density at radius 2 is 2.20 bits per heavy atom. The molecule has 0 amide bonds. The summed E-state index contributed by atoms with van der Waals surface area (Å²) in [6, 6.07) is 7.49. The van der Waals surface area contributed by atoms with Crippen LogP contribution in [0.2, 0.25) is 0 Å². The van der Waals surface area contributed by atoms with Crippen molar-refractivity contribution < 1.29 is 4.74 Å². The first-order valence-electron chi connectivity index (χ1n) is 8.14. The van der Waals surface area contributed by atoms with Gasteiger partial charge in [-0.2, -0.15) is 0 Å². The zero-order chi connectivity index (χ0) is 13.7. The first kappa shape index (κ1) is 12.7. The van der Waals surface area contributed by atoms with E-state index in [2.05, 4.69) is 30.4 Å². The molecule has 1 heterocycles. The van der Waals surface area contributed by atoms with Gasteiger partial charge in [-0.1, -0.05) is 13.0 Å². The van der Waals surface area contributed by atoms with Gasteiger partial charge in [0.2, 0.25) is 0 Å². The van der Waals surface area contributed by atoms with Crippen LogP contribution < -0.4 is 10.1 Å². The molecule has 20 heavy (non-hydrogen) atoms. The zero-order valence-corrected chi connectivity index (χ0v) is 12.6. The van der Waals surface area contributed by atoms with Gasteiger partial charge >= 0.3 is 0 Å². The predicted octanol–water partition coefficient (Wildman–Crippen LogP) is 3.29. The molecule has 0 radical (unpaired) electrons. The van der Waals surface area contributed by atoms with Gasteiger partial charge in [0, 0.05) is 11.5 Å². The van der Waals surface area contributed by atoms with Gasteiger partial charge in [0.25, 0.3) is 0 Å². The maximum Gasteiger partial charge on any atom is 0.119 e. The average Bonchev–Trinajstić information content (AvgIpc) is 2.47. The van der Waals surface area contributed by atoms with E-state index in [1.807, 2.05) is 0 Å². The van der Waals surface area contributed by atoms with Crippen molar-refractivity contribution in [2.45, 2.75) is 50.5 Å². The Kier molecular flexibility index (Phi) is 2.85. The zero-order valence-electron chi connectivity index (χ0n) is 12.6. The monoisotopic (exact) mass is 271 g/mol. The van der Waals surface area contributed by atoms with E-state index in [4.69, 9.17) is 4.74 Å². The first-order valence-corrected chi connectivity index (χ1v) is 8.14. The minimum absolute atomic E-state index is 0.435. The molecule has 3 aliphatic rings. The molecule has 2 nitrogen and oxygen atoms in total. The second-order valence-corrected chi connectivity index (χ2v) is 7.18. The van der Waals surface area contributed by atoms with Gasteiger partial charge in [-0.05, 0) is 73.7 Å². The summed E-state index contributed by atoms with van der Waals surface area (Å²) in [5.74, 6) is 2.76. The van der Waals surface area contributed by atoms with Crippen LogP contribution in [0.25, 0.3) is 0 Å². The van der Waals surface area contributed by atoms with E-state index in [0.29, 0.717) is 11.5 Å². The van der Waals surface area contributed by atoms with Crippen molar-refractivity contribution in [3.8, 4) is 5.75 Å². The predicted molar refractivity (Wildman–Crippen MR) is 81.3 cm³/mol. The summed E-state index contributed by atoms with van der Waals surface area (Å²) in [6.45, 7) is 3.62. The van der Waals surface area contributed by atoms with Crippen molar-refractivity contribution in [1.29, 1.82) is 0 Å². The smallest absolute Gasteiger partial charge is 0.119 e. The molecule has 4 rings (SSSR count). The van der Waals surface area contributed by atoms with E-state index in [0.717, 1.165) is 17.6 Å². The van der Waals surface area contributed by atoms with Crippen LogP contribution in [0.15, 0.2) is 18.2 Å². The SMILES string of the molecule is COc1ccc2c(c1)[C@]13CCN[C@H](C2)[C@H]1CC(C)CC3. The summed E-state index contributed by atoms with van der Waals surface area (Å²) in [5.41, 5.74) is 3.62. The van der Waals surface area contributed by atoms with Crippen molar-refractivity contribution in [2.75, 3.05) is 13.7 Å². The normalized spacial score (nSPS) is 38.8. The highest BCUT2D eigenvalue weighted by atomic mass is 16.5. The summed E-state index contributed by atoms with van der Waals surface area (Å²) < 4.78 is 5.50. The molecule has 2 heteroatoms. The summed E-state index contributed by atoms with van der Waals surface area (Å²) >= 11 is 0. The molecule has 1 aromatic carbocycles. The quantitative estimate of drug-likeness (QED) is 0.846. The lowest BCUT2D eigenvalue weighted by Gasteiger charge is -2.57. The molecule has 4 atom stereocenters. The van der Waals surface area contributed by atoms with Gasteiger partial charge in [-0.3, -0.25) is 0 Å². The molecular weight excluding hydrogens is 246 g/mol. The third kappa shape index (κ3) is 1.67. The standard InChI is InChI=1S/C18H25NO/c1-12-5-6-18-7-8-19-17(16(18)9-12)10-13-3-4-14(20-2)11-15(13)18/h3-4,11-12,16-17,19H,5-10H2,1-2H3/t12?,16-,17-,18+/m1/s1. The van der Waals surface area contributed by atoms with E-state index >= 15 is 0 Å². The second kappa shape index (κ2) is 4.49. The minimum atomic E-state index is 0.435. The number of methoxy groups -OCH3 is 1. The molecule has 0 aromatic heterocycles. The molecule has 2 bridgehead atoms. The molecule has 1 saturated carbocycles. The lowest BCUT2D eigenvalue weighted by atomic mass is 9.51. The number of rotatable bonds is 1. The van der Waals surface area contributed by atoms with Gasteiger partial charge in [-0.15, -0.1) is 0 Å². The summed E-state index contributed by atoms with van der Waals surface area (Å²) in [6.07, 6.45) is 6.67. The highest BCUT2D eigenvalue weighted by molar-refractivity contribution is 5.45. The molecule has 1 saturated heterocycles. The Balaban J connectivity index is 1.85. The van der Waals surface area contributed by atoms with E-state index in [1.165, 1.54) is 38.6 Å². The Morgan fingerprint density at radius 1 is 1.30 bits per heavy atom. The van der Waals surface area contributed by atoms with Crippen LogP contribution in [0.3, 0.4) is 0 Å². The third-order valence-electron chi connectivity index (χ3n) is 6.21. The van der Waals surface area contributed by atoms with Gasteiger partial charge < -0.3 is 10.1 Å². The number of ether oxygens (including phenoxy) is 1. The van der Waals surface area contributed by atoms with E-state index in [1.54, 1.807) is 18.2 Å². The topological polar surface area (TPSA) is 21.3 Å². The molecule has 1 unspecified atom stereocenters. The number of piperidine rings is 1. The number of nitrogens with one attached hydrogen (secondary N) is 1. The molecule has 2 aliphatic carbocycles. The number of fused-ring (bicyclic) bond motifs is 1. The van der Waals surface area contributed by atoms with Crippen molar-refractivity contribution in [3.63, 3.8) is 0 Å². The Bertz CT molecular complexity index is 526. The molecule has 1 N–H and O–H groups in total. The fourth-order valence-corrected chi connectivity index (χ4v) is 5.19. The highest BCUT2D eigenvalue weighted by Gasteiger charge is 2.52. The average molecular weight is 271 g/mol. The molecule has 1 aromatic rings. The fraction of sp³-hybridized carbons (Fsp3) is 0.667. The Morgan fingerprint density at radius 3 is 3.05 bits per heavy atom. The Hall–Kier alpha value is -1.02. The first-order chi connectivity index (χ1) is 9.73. The third-order valence-corrected chi connectivity index (χ3v) is 6.21. The van der Waals surface area contributed by atoms with Crippen LogP contribution in [0.5, 0.6) is 5.75 Å². The minimum Gasteiger partial charge on any atom is -0.497 e. The van der Waals surface area contributed by atoms with Crippen LogP contribution in [-0.2, 0) is 11.8 Å². The van der Waals surface area contributed by atoms with Crippen molar-refractivity contribution in [2.24, 2.45) is 11.8 Å². The van der Waals surface area contributed by atoms with Gasteiger partial charge in [0.1, 0.15) is 5.75 Å². The van der Waals surface area contributed by atoms with Crippen LogP contribution in [0.1, 0.15) is 43.7 Å². The maximum atomic E-state index is 5.50. The lowest BCUT2D eigenvalue weighted by Crippen LogP contribution is -2.60. The maximum absolute atomic E-state index is 5.50. The van der Waals surface area contributed by atoms with Crippen LogP contribution >= 0.6 is 0 Å². The summed E-state index contributed by atoms with van der Waals surface area (Å²) in [4.78, 5) is 0. The molecular formula is C18H25NO. The molecule has 108 valence electrons. The Labute approximate surface area is 121 Å². The van der Waals surface area contributed by atoms with E-state index < -0.39 is 0 Å². The number of hydrogen-bond donors (Lipinski definition) is 1. The fourth-order valence-electron chi connectivity index (χ4n) is 5.19.